The van der Waals surface area contributed by atoms with E-state index in [1.54, 1.807) is 0 Å². The van der Waals surface area contributed by atoms with Gasteiger partial charge in [0.2, 0.25) is 0 Å². The fourth-order valence-corrected chi connectivity index (χ4v) is 3.82. The minimum atomic E-state index is 0.399. The first-order valence-electron chi connectivity index (χ1n) is 9.84. The van der Waals surface area contributed by atoms with Gasteiger partial charge in [-0.3, -0.25) is 0 Å². The van der Waals surface area contributed by atoms with E-state index in [4.69, 9.17) is 9.97 Å². The summed E-state index contributed by atoms with van der Waals surface area (Å²) in [6.07, 6.45) is 4.11. The molecule has 1 aliphatic rings. The Kier molecular flexibility index (Phi) is 4.51. The number of H-pyrrole nitrogens is 1. The minimum absolute atomic E-state index is 0.399. The molecule has 28 heavy (non-hydrogen) atoms. The molecule has 0 radical (unpaired) electrons. The second kappa shape index (κ2) is 7.44. The van der Waals surface area contributed by atoms with Crippen LogP contribution in [0.4, 0.5) is 11.5 Å². The largest absolute Gasteiger partial charge is 0.361 e. The first kappa shape index (κ1) is 17.0. The molecule has 1 saturated heterocycles. The minimum Gasteiger partial charge on any atom is -0.361 e. The third-order valence-corrected chi connectivity index (χ3v) is 5.34. The van der Waals surface area contributed by atoms with E-state index >= 15 is 0 Å². The van der Waals surface area contributed by atoms with Gasteiger partial charge < -0.3 is 15.6 Å². The number of piperidine rings is 1. The SMILES string of the molecule is c1ccc(-c2cc(Nc3ccc4cc[nH]c4c3)nc(C3CCNCC3)n2)cc1. The summed E-state index contributed by atoms with van der Waals surface area (Å²) >= 11 is 0. The maximum atomic E-state index is 4.93. The molecule has 0 unspecified atom stereocenters. The van der Waals surface area contributed by atoms with Crippen LogP contribution >= 0.6 is 0 Å². The Labute approximate surface area is 164 Å². The lowest BCUT2D eigenvalue weighted by atomic mass is 9.97. The second-order valence-electron chi connectivity index (χ2n) is 7.29. The van der Waals surface area contributed by atoms with Gasteiger partial charge in [0.25, 0.3) is 0 Å². The molecule has 0 amide bonds. The molecule has 0 atom stereocenters. The zero-order chi connectivity index (χ0) is 18.8. The van der Waals surface area contributed by atoms with Gasteiger partial charge in [0.05, 0.1) is 5.69 Å². The summed E-state index contributed by atoms with van der Waals surface area (Å²) in [5, 5.41) is 8.12. The maximum absolute atomic E-state index is 4.93. The molecule has 1 aliphatic heterocycles. The van der Waals surface area contributed by atoms with Crippen molar-refractivity contribution in [2.45, 2.75) is 18.8 Å². The molecule has 2 aromatic heterocycles. The maximum Gasteiger partial charge on any atom is 0.134 e. The second-order valence-corrected chi connectivity index (χ2v) is 7.29. The molecule has 0 saturated carbocycles. The summed E-state index contributed by atoms with van der Waals surface area (Å²) in [5.74, 6) is 2.18. The average molecular weight is 369 g/mol. The smallest absolute Gasteiger partial charge is 0.134 e. The van der Waals surface area contributed by atoms with Crippen LogP contribution in [-0.2, 0) is 0 Å². The Balaban J connectivity index is 1.53. The number of rotatable bonds is 4. The van der Waals surface area contributed by atoms with Crippen LogP contribution in [0.1, 0.15) is 24.6 Å². The van der Waals surface area contributed by atoms with Crippen LogP contribution in [0.25, 0.3) is 22.2 Å². The van der Waals surface area contributed by atoms with Crippen molar-refractivity contribution >= 4 is 22.4 Å². The van der Waals surface area contributed by atoms with E-state index in [1.165, 1.54) is 5.39 Å². The van der Waals surface area contributed by atoms with Crippen molar-refractivity contribution in [2.75, 3.05) is 18.4 Å². The molecule has 3 N–H and O–H groups in total. The van der Waals surface area contributed by atoms with Gasteiger partial charge >= 0.3 is 0 Å². The number of aromatic amines is 1. The molecule has 3 heterocycles. The molecule has 4 aromatic rings. The van der Waals surface area contributed by atoms with Crippen molar-refractivity contribution in [1.29, 1.82) is 0 Å². The van der Waals surface area contributed by atoms with Crippen molar-refractivity contribution in [3.63, 3.8) is 0 Å². The quantitative estimate of drug-likeness (QED) is 0.482. The summed E-state index contributed by atoms with van der Waals surface area (Å²) in [6, 6.07) is 20.8. The first-order valence-corrected chi connectivity index (χ1v) is 9.84. The lowest BCUT2D eigenvalue weighted by Crippen LogP contribution is -2.27. The Bertz CT molecular complexity index is 1080. The monoisotopic (exact) mass is 369 g/mol. The molecule has 0 bridgehead atoms. The fraction of sp³-hybridized carbons (Fsp3) is 0.217. The fourth-order valence-electron chi connectivity index (χ4n) is 3.82. The van der Waals surface area contributed by atoms with Crippen LogP contribution in [0.2, 0.25) is 0 Å². The Hall–Kier alpha value is -3.18. The zero-order valence-corrected chi connectivity index (χ0v) is 15.7. The van der Waals surface area contributed by atoms with Gasteiger partial charge in [-0.15, -0.1) is 0 Å². The summed E-state index contributed by atoms with van der Waals surface area (Å²) < 4.78 is 0. The predicted molar refractivity (Wildman–Crippen MR) is 114 cm³/mol. The van der Waals surface area contributed by atoms with Gasteiger partial charge in [0, 0.05) is 34.9 Å². The van der Waals surface area contributed by atoms with Gasteiger partial charge in [0.15, 0.2) is 0 Å². The van der Waals surface area contributed by atoms with Crippen LogP contribution < -0.4 is 10.6 Å². The molecule has 0 spiro atoms. The van der Waals surface area contributed by atoms with Gasteiger partial charge in [-0.25, -0.2) is 9.97 Å². The van der Waals surface area contributed by atoms with Gasteiger partial charge in [-0.1, -0.05) is 36.4 Å². The molecule has 0 aliphatic carbocycles. The molecule has 5 nitrogen and oxygen atoms in total. The molecule has 5 rings (SSSR count). The van der Waals surface area contributed by atoms with Crippen molar-refractivity contribution in [1.82, 2.24) is 20.3 Å². The molecule has 2 aromatic carbocycles. The van der Waals surface area contributed by atoms with E-state index in [1.807, 2.05) is 30.5 Å². The standard InChI is InChI=1S/C23H23N5/c1-2-4-16(5-3-1)21-15-22(28-23(27-21)18-8-11-24-12-9-18)26-19-7-6-17-10-13-25-20(17)14-19/h1-7,10,13-15,18,24-25H,8-9,11-12H2,(H,26,27,28). The lowest BCUT2D eigenvalue weighted by molar-refractivity contribution is 0.445. The third kappa shape index (κ3) is 3.49. The van der Waals surface area contributed by atoms with E-state index in [-0.39, 0.29) is 0 Å². The molecule has 1 fully saturated rings. The van der Waals surface area contributed by atoms with Crippen LogP contribution in [0.15, 0.2) is 66.9 Å². The number of hydrogen-bond donors (Lipinski definition) is 3. The Morgan fingerprint density at radius 2 is 1.75 bits per heavy atom. The van der Waals surface area contributed by atoms with Crippen LogP contribution in [-0.4, -0.2) is 28.0 Å². The normalized spacial score (nSPS) is 15.0. The summed E-state index contributed by atoms with van der Waals surface area (Å²) in [4.78, 5) is 13.1. The number of aromatic nitrogens is 3. The van der Waals surface area contributed by atoms with E-state index in [2.05, 4.69) is 52.0 Å². The molecule has 5 heteroatoms. The molecule has 140 valence electrons. The Morgan fingerprint density at radius 1 is 0.893 bits per heavy atom. The number of nitrogens with zero attached hydrogens (tertiary/aromatic N) is 2. The van der Waals surface area contributed by atoms with Gasteiger partial charge in [-0.05, 0) is 49.5 Å². The van der Waals surface area contributed by atoms with Crippen LogP contribution in [0, 0.1) is 0 Å². The van der Waals surface area contributed by atoms with Crippen molar-refractivity contribution in [2.24, 2.45) is 0 Å². The number of fused-ring (bicyclic) bond motifs is 1. The highest BCUT2D eigenvalue weighted by molar-refractivity contribution is 5.83. The topological polar surface area (TPSA) is 65.6 Å². The summed E-state index contributed by atoms with van der Waals surface area (Å²) in [5.41, 5.74) is 4.21. The highest BCUT2D eigenvalue weighted by Gasteiger charge is 2.19. The Morgan fingerprint density at radius 3 is 2.61 bits per heavy atom. The number of nitrogens with one attached hydrogen (secondary N) is 3. The summed E-state index contributed by atoms with van der Waals surface area (Å²) in [7, 11) is 0. The van der Waals surface area contributed by atoms with E-state index in [9.17, 15) is 0 Å². The van der Waals surface area contributed by atoms with Gasteiger partial charge in [-0.2, -0.15) is 0 Å². The van der Waals surface area contributed by atoms with E-state index in [0.29, 0.717) is 5.92 Å². The number of benzene rings is 2. The van der Waals surface area contributed by atoms with E-state index < -0.39 is 0 Å². The van der Waals surface area contributed by atoms with Crippen molar-refractivity contribution in [3.05, 3.63) is 72.7 Å². The number of hydrogen-bond acceptors (Lipinski definition) is 4. The predicted octanol–water partition coefficient (Wildman–Crippen LogP) is 4.84. The molecular formula is C23H23N5. The van der Waals surface area contributed by atoms with Gasteiger partial charge in [0.1, 0.15) is 11.6 Å². The van der Waals surface area contributed by atoms with Crippen molar-refractivity contribution < 1.29 is 0 Å². The number of anilines is 2. The van der Waals surface area contributed by atoms with Crippen LogP contribution in [0.3, 0.4) is 0 Å². The summed E-state index contributed by atoms with van der Waals surface area (Å²) in [6.45, 7) is 2.05. The first-order chi connectivity index (χ1) is 13.8. The zero-order valence-electron chi connectivity index (χ0n) is 15.7. The van der Waals surface area contributed by atoms with Crippen molar-refractivity contribution in [3.8, 4) is 11.3 Å². The highest BCUT2D eigenvalue weighted by atomic mass is 15.0. The average Bonchev–Trinajstić information content (AvgIpc) is 3.23. The molecular weight excluding hydrogens is 346 g/mol. The van der Waals surface area contributed by atoms with Crippen LogP contribution in [0.5, 0.6) is 0 Å². The van der Waals surface area contributed by atoms with E-state index in [0.717, 1.165) is 60.0 Å². The highest BCUT2D eigenvalue weighted by Crippen LogP contribution is 2.29. The lowest BCUT2D eigenvalue weighted by Gasteiger charge is -2.22. The third-order valence-electron chi connectivity index (χ3n) is 5.34.